The van der Waals surface area contributed by atoms with Gasteiger partial charge in [-0.25, -0.2) is 4.79 Å². The van der Waals surface area contributed by atoms with E-state index in [2.05, 4.69) is 15.4 Å². The van der Waals surface area contributed by atoms with E-state index in [0.29, 0.717) is 43.0 Å². The molecule has 0 saturated carbocycles. The Morgan fingerprint density at radius 3 is 2.34 bits per heavy atom. The first-order valence-corrected chi connectivity index (χ1v) is 10.1. The Kier molecular flexibility index (Phi) is 7.39. The Bertz CT molecular complexity index is 1080. The van der Waals surface area contributed by atoms with Crippen molar-refractivity contribution in [2.75, 3.05) is 43.1 Å². The zero-order valence-corrected chi connectivity index (χ0v) is 17.6. The van der Waals surface area contributed by atoms with Crippen molar-refractivity contribution in [3.63, 3.8) is 0 Å². The number of nitrogens with zero attached hydrogens (tertiary/aromatic N) is 5. The second-order valence-corrected chi connectivity index (χ2v) is 6.89. The molecule has 0 aliphatic carbocycles. The summed E-state index contributed by atoms with van der Waals surface area (Å²) in [6.07, 6.45) is 0. The fourth-order valence-corrected chi connectivity index (χ4v) is 3.35. The molecule has 1 fully saturated rings. The second kappa shape index (κ2) is 10.6. The Hall–Kier alpha value is -4.37. The number of carbonyl (C=O) groups is 2. The molecule has 9 nitrogen and oxygen atoms in total. The third-order valence-electron chi connectivity index (χ3n) is 4.94. The lowest BCUT2D eigenvalue weighted by Gasteiger charge is -2.37. The Labute approximate surface area is 186 Å². The van der Waals surface area contributed by atoms with Crippen LogP contribution in [0.2, 0.25) is 0 Å². The SMILES string of the molecule is CCOC(=O)c1ccc(N2CCN(C(=O)c3ccccc3)CC2)c(NN=C(C#N)C#N)c1. The van der Waals surface area contributed by atoms with Gasteiger partial charge in [0.25, 0.3) is 5.91 Å². The van der Waals surface area contributed by atoms with Crippen LogP contribution in [0.3, 0.4) is 0 Å². The van der Waals surface area contributed by atoms with Gasteiger partial charge in [0.2, 0.25) is 5.71 Å². The molecule has 0 unspecified atom stereocenters. The van der Waals surface area contributed by atoms with Crippen LogP contribution in [0.1, 0.15) is 27.6 Å². The van der Waals surface area contributed by atoms with E-state index in [-0.39, 0.29) is 18.2 Å². The largest absolute Gasteiger partial charge is 0.462 e. The average molecular weight is 430 g/mol. The fraction of sp³-hybridized carbons (Fsp3) is 0.261. The summed E-state index contributed by atoms with van der Waals surface area (Å²) in [5.41, 5.74) is 4.56. The number of esters is 1. The van der Waals surface area contributed by atoms with Crippen molar-refractivity contribution in [2.24, 2.45) is 5.10 Å². The van der Waals surface area contributed by atoms with Crippen molar-refractivity contribution in [1.82, 2.24) is 4.90 Å². The molecule has 0 aromatic heterocycles. The van der Waals surface area contributed by atoms with Crippen LogP contribution in [0.25, 0.3) is 0 Å². The van der Waals surface area contributed by atoms with Gasteiger partial charge >= 0.3 is 5.97 Å². The fourth-order valence-electron chi connectivity index (χ4n) is 3.35. The molecule has 1 N–H and O–H groups in total. The highest BCUT2D eigenvalue weighted by atomic mass is 16.5. The third kappa shape index (κ3) is 5.21. The smallest absolute Gasteiger partial charge is 0.338 e. The molecule has 0 radical (unpaired) electrons. The summed E-state index contributed by atoms with van der Waals surface area (Å²) in [5.74, 6) is -0.497. The van der Waals surface area contributed by atoms with Crippen LogP contribution in [-0.2, 0) is 4.74 Å². The van der Waals surface area contributed by atoms with Gasteiger partial charge in [-0.2, -0.15) is 15.6 Å². The number of ether oxygens (including phenoxy) is 1. The van der Waals surface area contributed by atoms with E-state index in [1.165, 1.54) is 0 Å². The molecule has 0 atom stereocenters. The summed E-state index contributed by atoms with van der Waals surface area (Å²) < 4.78 is 5.05. The zero-order chi connectivity index (χ0) is 22.9. The number of anilines is 2. The molecule has 1 amide bonds. The van der Waals surface area contributed by atoms with Crippen LogP contribution in [0.5, 0.6) is 0 Å². The molecule has 1 aliphatic rings. The Balaban J connectivity index is 1.80. The number of hydrogen-bond acceptors (Lipinski definition) is 8. The Morgan fingerprint density at radius 1 is 1.03 bits per heavy atom. The summed E-state index contributed by atoms with van der Waals surface area (Å²) in [6, 6.07) is 17.5. The van der Waals surface area contributed by atoms with Crippen LogP contribution < -0.4 is 10.3 Å². The van der Waals surface area contributed by atoms with Crippen LogP contribution in [0.4, 0.5) is 11.4 Å². The van der Waals surface area contributed by atoms with Crippen molar-refractivity contribution in [3.05, 3.63) is 59.7 Å². The maximum atomic E-state index is 12.7. The van der Waals surface area contributed by atoms with Gasteiger partial charge in [0.1, 0.15) is 12.1 Å². The molecule has 1 aliphatic heterocycles. The quantitative estimate of drug-likeness (QED) is 0.425. The van der Waals surface area contributed by atoms with Crippen molar-refractivity contribution < 1.29 is 14.3 Å². The van der Waals surface area contributed by atoms with Gasteiger partial charge in [0.15, 0.2) is 0 Å². The number of carbonyl (C=O) groups excluding carboxylic acids is 2. The number of nitrogens with one attached hydrogen (secondary N) is 1. The van der Waals surface area contributed by atoms with Crippen LogP contribution in [-0.4, -0.2) is 55.3 Å². The number of nitriles is 2. The van der Waals surface area contributed by atoms with Gasteiger partial charge in [-0.1, -0.05) is 18.2 Å². The summed E-state index contributed by atoms with van der Waals surface area (Å²) in [6.45, 7) is 4.15. The Morgan fingerprint density at radius 2 is 1.72 bits per heavy atom. The standard InChI is InChI=1S/C23H22N6O3/c1-2-32-23(31)18-8-9-21(20(14-18)27-26-19(15-24)16-25)28-10-12-29(13-11-28)22(30)17-6-4-3-5-7-17/h3-9,14,27H,2,10-13H2,1H3. The zero-order valence-electron chi connectivity index (χ0n) is 17.6. The number of hydrogen-bond donors (Lipinski definition) is 1. The number of benzene rings is 2. The number of amides is 1. The second-order valence-electron chi connectivity index (χ2n) is 6.89. The van der Waals surface area contributed by atoms with Crippen molar-refractivity contribution in [3.8, 4) is 12.1 Å². The molecule has 1 heterocycles. The minimum atomic E-state index is -0.481. The first kappa shape index (κ1) is 22.3. The molecule has 3 rings (SSSR count). The highest BCUT2D eigenvalue weighted by Gasteiger charge is 2.24. The summed E-state index contributed by atoms with van der Waals surface area (Å²) in [5, 5.41) is 21.7. The van der Waals surface area contributed by atoms with Crippen LogP contribution in [0, 0.1) is 22.7 Å². The lowest BCUT2D eigenvalue weighted by atomic mass is 10.1. The number of hydrazone groups is 1. The van der Waals surface area contributed by atoms with E-state index < -0.39 is 5.97 Å². The third-order valence-corrected chi connectivity index (χ3v) is 4.94. The summed E-state index contributed by atoms with van der Waals surface area (Å²) >= 11 is 0. The number of rotatable bonds is 6. The highest BCUT2D eigenvalue weighted by molar-refractivity contribution is 6.10. The molecule has 32 heavy (non-hydrogen) atoms. The molecule has 9 heteroatoms. The molecule has 0 spiro atoms. The topological polar surface area (TPSA) is 122 Å². The molecular formula is C23H22N6O3. The lowest BCUT2D eigenvalue weighted by Crippen LogP contribution is -2.49. The van der Waals surface area contributed by atoms with Crippen molar-refractivity contribution in [1.29, 1.82) is 10.5 Å². The monoisotopic (exact) mass is 430 g/mol. The molecule has 162 valence electrons. The van der Waals surface area contributed by atoms with Gasteiger partial charge in [-0.15, -0.1) is 0 Å². The first-order valence-electron chi connectivity index (χ1n) is 10.1. The predicted octanol–water partition coefficient (Wildman–Crippen LogP) is 2.64. The minimum absolute atomic E-state index is 0.0152. The minimum Gasteiger partial charge on any atom is -0.462 e. The molecule has 2 aromatic rings. The summed E-state index contributed by atoms with van der Waals surface area (Å²) in [4.78, 5) is 28.7. The van der Waals surface area contributed by atoms with E-state index in [4.69, 9.17) is 15.3 Å². The first-order chi connectivity index (χ1) is 15.6. The normalized spacial score (nSPS) is 12.8. The summed E-state index contributed by atoms with van der Waals surface area (Å²) in [7, 11) is 0. The van der Waals surface area contributed by atoms with Gasteiger partial charge in [-0.05, 0) is 37.3 Å². The highest BCUT2D eigenvalue weighted by Crippen LogP contribution is 2.29. The predicted molar refractivity (Wildman–Crippen MR) is 119 cm³/mol. The molecular weight excluding hydrogens is 408 g/mol. The van der Waals surface area contributed by atoms with E-state index in [9.17, 15) is 9.59 Å². The van der Waals surface area contributed by atoms with Crippen molar-refractivity contribution in [2.45, 2.75) is 6.92 Å². The maximum Gasteiger partial charge on any atom is 0.338 e. The van der Waals surface area contributed by atoms with E-state index in [0.717, 1.165) is 5.69 Å². The van der Waals surface area contributed by atoms with E-state index in [1.807, 2.05) is 18.2 Å². The van der Waals surface area contributed by atoms with Crippen LogP contribution in [0.15, 0.2) is 53.6 Å². The van der Waals surface area contributed by atoms with Crippen LogP contribution >= 0.6 is 0 Å². The van der Waals surface area contributed by atoms with Gasteiger partial charge in [0, 0.05) is 31.7 Å². The van der Waals surface area contributed by atoms with E-state index >= 15 is 0 Å². The lowest BCUT2D eigenvalue weighted by molar-refractivity contribution is 0.0526. The van der Waals surface area contributed by atoms with E-state index in [1.54, 1.807) is 54.3 Å². The maximum absolute atomic E-state index is 12.7. The van der Waals surface area contributed by atoms with Crippen molar-refractivity contribution >= 4 is 29.0 Å². The average Bonchev–Trinajstić information content (AvgIpc) is 2.85. The molecule has 2 aromatic carbocycles. The van der Waals surface area contributed by atoms with Gasteiger partial charge in [-0.3, -0.25) is 10.2 Å². The van der Waals surface area contributed by atoms with Gasteiger partial charge < -0.3 is 14.5 Å². The number of piperazine rings is 1. The molecule has 0 bridgehead atoms. The molecule has 1 saturated heterocycles. The van der Waals surface area contributed by atoms with Gasteiger partial charge in [0.05, 0.1) is 23.5 Å².